The van der Waals surface area contributed by atoms with Crippen LogP contribution >= 0.6 is 11.8 Å². The number of piperazine rings is 1. The molecule has 7 aliphatic rings. The Balaban J connectivity index is 1.07. The number of methoxy groups -OCH3 is 2. The fourth-order valence-electron chi connectivity index (χ4n) is 11.4. The van der Waals surface area contributed by atoms with Crippen molar-refractivity contribution < 1.29 is 62.2 Å². The Morgan fingerprint density at radius 1 is 0.925 bits per heavy atom. The summed E-state index contributed by atoms with van der Waals surface area (Å²) in [4.78, 5) is 58.9. The maximum Gasteiger partial charge on any atom is 0.351 e. The number of hydrogen-bond donors (Lipinski definition) is 3. The largest absolute Gasteiger partial charge is 0.504 e. The van der Waals surface area contributed by atoms with Crippen molar-refractivity contribution in [1.29, 1.82) is 0 Å². The van der Waals surface area contributed by atoms with Gasteiger partial charge in [0.15, 0.2) is 40.0 Å². The molecule has 3 N–H and O–H groups in total. The smallest absolute Gasteiger partial charge is 0.351 e. The number of phenolic OH excluding ortho intramolecular Hbond substituents is 1. The molecule has 7 atom stereocenters. The summed E-state index contributed by atoms with van der Waals surface area (Å²) in [6.07, 6.45) is -0.275. The molecule has 1 spiro atoms. The number of nitrogens with zero attached hydrogens (tertiary/aromatic N) is 2. The number of rotatable bonds is 5. The second-order valence-electron chi connectivity index (χ2n) is 17.8. The Morgan fingerprint density at radius 2 is 1.72 bits per heavy atom. The van der Waals surface area contributed by atoms with Crippen LogP contribution in [0.15, 0.2) is 57.7 Å². The van der Waals surface area contributed by atoms with Gasteiger partial charge < -0.3 is 47.8 Å². The number of para-hydroxylation sites is 1. The van der Waals surface area contributed by atoms with Gasteiger partial charge in [-0.25, -0.2) is 14.4 Å². The third kappa shape index (κ3) is 6.36. The van der Waals surface area contributed by atoms with E-state index in [-0.39, 0.29) is 47.7 Å². The van der Waals surface area contributed by atoms with Crippen molar-refractivity contribution in [3.63, 3.8) is 0 Å². The summed E-state index contributed by atoms with van der Waals surface area (Å²) in [6, 6.07) is 11.0. The molecular weight excluding hydrogens is 887 g/mol. The van der Waals surface area contributed by atoms with Crippen LogP contribution in [0.3, 0.4) is 0 Å². The Bertz CT molecular complexity index is 3030. The Hall–Kier alpha value is -6.31. The van der Waals surface area contributed by atoms with Crippen LogP contribution in [-0.2, 0) is 32.7 Å². The average molecular weight is 934 g/mol. The fraction of sp³-hybridized carbons (Fsp3) is 0.388. The third-order valence-corrected chi connectivity index (χ3v) is 15.8. The van der Waals surface area contributed by atoms with Crippen molar-refractivity contribution in [2.45, 2.75) is 74.8 Å². The summed E-state index contributed by atoms with van der Waals surface area (Å²) in [6.45, 7) is 4.95. The van der Waals surface area contributed by atoms with Crippen LogP contribution in [0.5, 0.6) is 40.2 Å². The first-order chi connectivity index (χ1) is 32.3. The molecule has 4 bridgehead atoms. The van der Waals surface area contributed by atoms with E-state index in [1.165, 1.54) is 39.0 Å². The number of benzene rings is 4. The zero-order valence-corrected chi connectivity index (χ0v) is 38.2. The Labute approximate surface area is 387 Å². The number of thioether (sulfide) groups is 1. The number of aliphatic hydroxyl groups excluding tert-OH is 1. The van der Waals surface area contributed by atoms with Gasteiger partial charge in [-0.2, -0.15) is 0 Å². The number of aliphatic hydroxyl groups is 1. The van der Waals surface area contributed by atoms with Crippen molar-refractivity contribution in [3.8, 4) is 40.2 Å². The van der Waals surface area contributed by atoms with E-state index in [1.54, 1.807) is 43.3 Å². The number of likely N-dealkylation sites (N-methyl/N-ethyl adjacent to an activating group) is 1. The van der Waals surface area contributed by atoms with Crippen molar-refractivity contribution >= 4 is 40.6 Å². The summed E-state index contributed by atoms with van der Waals surface area (Å²) < 4.78 is 47.8. The van der Waals surface area contributed by atoms with E-state index < -0.39 is 64.7 Å². The van der Waals surface area contributed by atoms with Crippen LogP contribution in [0.4, 0.5) is 0 Å². The molecular formula is C49H47N3O14S. The van der Waals surface area contributed by atoms with Crippen LogP contribution in [-0.4, -0.2) is 103 Å². The number of fused-ring (bicyclic) bond motifs is 10. The van der Waals surface area contributed by atoms with Gasteiger partial charge in [-0.3, -0.25) is 19.9 Å². The number of ether oxygens (including phenoxy) is 7. The lowest BCUT2D eigenvalue weighted by Crippen LogP contribution is -2.70. The van der Waals surface area contributed by atoms with Gasteiger partial charge >= 0.3 is 23.5 Å². The molecule has 7 aliphatic heterocycles. The molecule has 0 radical (unpaired) electrons. The number of aryl methyl sites for hydroxylation is 1. The standard InChI is InChI=1S/C49H47N3O14S/c1-21-13-26-15-29-45(55)52-30-18-61-48(58)49(28-17-32(59-5)33(16-24(28)11-12-50-49)66-47(57)27-14-25-9-7-8-10-31(25)65-46(27)56)19-67-44(38(52)37(51(29)4)34(26)39(54)40(21)60-6)36-35(30)43-42(62-20-63-43)22(2)41(36)64-23(3)53/h7-10,13-14,16-17,29-30,37-38,44-45,50,54-55H,11-12,15,18-20H2,1-6H3/t29-,30-,37+,38?,44+,45-,49+/m0/s1. The van der Waals surface area contributed by atoms with Gasteiger partial charge in [-0.1, -0.05) is 24.3 Å². The highest BCUT2D eigenvalue weighted by Crippen LogP contribution is 2.64. The molecule has 8 heterocycles. The molecule has 4 aromatic carbocycles. The number of carbonyl (C=O) groups is 3. The molecule has 0 aliphatic carbocycles. The summed E-state index contributed by atoms with van der Waals surface area (Å²) in [5.41, 5.74) is 2.87. The number of hydrogen-bond acceptors (Lipinski definition) is 18. The topological polar surface area (TPSA) is 205 Å². The first-order valence-electron chi connectivity index (χ1n) is 22.0. The zero-order chi connectivity index (χ0) is 46.8. The molecule has 1 unspecified atom stereocenters. The lowest BCUT2D eigenvalue weighted by atomic mass is 9.73. The highest BCUT2D eigenvalue weighted by atomic mass is 32.2. The van der Waals surface area contributed by atoms with E-state index in [4.69, 9.17) is 37.6 Å². The number of phenols is 1. The maximum atomic E-state index is 15.1. The molecule has 17 nitrogen and oxygen atoms in total. The molecule has 1 aromatic heterocycles. The highest BCUT2D eigenvalue weighted by Gasteiger charge is 2.61. The molecule has 0 saturated carbocycles. The minimum Gasteiger partial charge on any atom is -0.504 e. The van der Waals surface area contributed by atoms with Crippen molar-refractivity contribution in [1.82, 2.24) is 15.1 Å². The fourth-order valence-corrected chi connectivity index (χ4v) is 13.1. The minimum atomic E-state index is -1.52. The monoisotopic (exact) mass is 933 g/mol. The van der Waals surface area contributed by atoms with Crippen LogP contribution in [0.2, 0.25) is 0 Å². The Kier molecular flexibility index (Phi) is 10.3. The second-order valence-corrected chi connectivity index (χ2v) is 18.9. The van der Waals surface area contributed by atoms with E-state index in [9.17, 15) is 24.6 Å². The van der Waals surface area contributed by atoms with Crippen LogP contribution in [0.25, 0.3) is 11.0 Å². The van der Waals surface area contributed by atoms with E-state index >= 15 is 4.79 Å². The first-order valence-corrected chi connectivity index (χ1v) is 23.0. The van der Waals surface area contributed by atoms with E-state index in [0.717, 1.165) is 11.1 Å². The first kappa shape index (κ1) is 43.3. The summed E-state index contributed by atoms with van der Waals surface area (Å²) in [5, 5.41) is 28.2. The van der Waals surface area contributed by atoms with Crippen LogP contribution in [0.1, 0.15) is 79.1 Å². The normalized spacial score (nSPS) is 25.9. The van der Waals surface area contributed by atoms with Crippen LogP contribution in [0, 0.1) is 13.8 Å². The Morgan fingerprint density at radius 3 is 2.49 bits per heavy atom. The van der Waals surface area contributed by atoms with Crippen LogP contribution < -0.4 is 39.4 Å². The highest BCUT2D eigenvalue weighted by molar-refractivity contribution is 7.99. The lowest BCUT2D eigenvalue weighted by molar-refractivity contribution is -0.186. The van der Waals surface area contributed by atoms with Gasteiger partial charge in [0.2, 0.25) is 6.79 Å². The van der Waals surface area contributed by atoms with Gasteiger partial charge in [-0.15, -0.1) is 11.8 Å². The molecule has 67 heavy (non-hydrogen) atoms. The summed E-state index contributed by atoms with van der Waals surface area (Å²) in [7, 11) is 4.86. The zero-order valence-electron chi connectivity index (χ0n) is 37.4. The number of aromatic hydroxyl groups is 1. The van der Waals surface area contributed by atoms with E-state index in [1.807, 2.05) is 24.9 Å². The number of carbonyl (C=O) groups excluding carboxylic acids is 3. The molecule has 348 valence electrons. The number of esters is 3. The molecule has 0 amide bonds. The quantitative estimate of drug-likeness (QED) is 0.120. The van der Waals surface area contributed by atoms with Gasteiger partial charge in [0.1, 0.15) is 29.7 Å². The van der Waals surface area contributed by atoms with E-state index in [0.29, 0.717) is 81.0 Å². The SMILES string of the molecule is COc1cc2c(cc1OC(=O)c1cc3ccccc3oc1=O)CCN[C@]21CS[C@@H]2c3c(OC(C)=O)c(C)c4c(c3[C@H](COC1=O)N1C2[C@H]2c3c(cc(C)c(OC)c3O)C[C@@H]([C@@H]1O)N2C)OCO4. The molecule has 2 saturated heterocycles. The predicted molar refractivity (Wildman–Crippen MR) is 240 cm³/mol. The third-order valence-electron chi connectivity index (χ3n) is 14.3. The lowest BCUT2D eigenvalue weighted by Gasteiger charge is -2.62. The second kappa shape index (κ2) is 15.9. The summed E-state index contributed by atoms with van der Waals surface area (Å²) in [5.74, 6) is -0.479. The molecule has 12 rings (SSSR count). The molecule has 18 heteroatoms. The number of nitrogens with one attached hydrogen (secondary N) is 1. The molecule has 5 aromatic rings. The van der Waals surface area contributed by atoms with Gasteiger partial charge in [0.05, 0.1) is 37.6 Å². The van der Waals surface area contributed by atoms with Gasteiger partial charge in [0, 0.05) is 52.9 Å². The minimum absolute atomic E-state index is 0.000246. The van der Waals surface area contributed by atoms with Crippen molar-refractivity contribution in [2.75, 3.05) is 47.0 Å². The van der Waals surface area contributed by atoms with Crippen molar-refractivity contribution in [3.05, 3.63) is 109 Å². The predicted octanol–water partition coefficient (Wildman–Crippen LogP) is 5.03. The van der Waals surface area contributed by atoms with E-state index in [2.05, 4.69) is 10.2 Å². The van der Waals surface area contributed by atoms with Gasteiger partial charge in [0.25, 0.3) is 0 Å². The average Bonchev–Trinajstić information content (AvgIpc) is 3.80. The van der Waals surface area contributed by atoms with Gasteiger partial charge in [-0.05, 0) is 80.3 Å². The molecule has 2 fully saturated rings. The maximum absolute atomic E-state index is 15.1. The van der Waals surface area contributed by atoms with Crippen molar-refractivity contribution in [2.24, 2.45) is 0 Å². The summed E-state index contributed by atoms with van der Waals surface area (Å²) >= 11 is 1.41.